The Balaban J connectivity index is 2.09. The van der Waals surface area contributed by atoms with E-state index in [1.807, 2.05) is 0 Å². The maximum atomic E-state index is 11.4. The van der Waals surface area contributed by atoms with Crippen molar-refractivity contribution in [1.29, 1.82) is 0 Å². The molecule has 2 fully saturated rings. The molecule has 80 valence electrons. The molecule has 14 heavy (non-hydrogen) atoms. The molecule has 2 heterocycles. The van der Waals surface area contributed by atoms with Crippen molar-refractivity contribution in [3.63, 3.8) is 0 Å². The SMILES string of the molecule is CO[C@H]1NC(=O)[C@@H](Br)[C@H]1N1CCCC1. The molecule has 2 aliphatic rings. The van der Waals surface area contributed by atoms with Gasteiger partial charge >= 0.3 is 0 Å². The van der Waals surface area contributed by atoms with Crippen LogP contribution in [0.4, 0.5) is 0 Å². The third-order valence-corrected chi connectivity index (χ3v) is 3.92. The monoisotopic (exact) mass is 262 g/mol. The van der Waals surface area contributed by atoms with Crippen LogP contribution in [0.5, 0.6) is 0 Å². The quantitative estimate of drug-likeness (QED) is 0.729. The van der Waals surface area contributed by atoms with Crippen LogP contribution in [0.25, 0.3) is 0 Å². The van der Waals surface area contributed by atoms with Gasteiger partial charge < -0.3 is 10.1 Å². The van der Waals surface area contributed by atoms with Gasteiger partial charge in [0.15, 0.2) is 0 Å². The second-order valence-corrected chi connectivity index (χ2v) is 4.79. The van der Waals surface area contributed by atoms with E-state index in [2.05, 4.69) is 26.1 Å². The van der Waals surface area contributed by atoms with Gasteiger partial charge in [0.05, 0.1) is 6.04 Å². The average Bonchev–Trinajstić information content (AvgIpc) is 2.76. The van der Waals surface area contributed by atoms with E-state index in [1.165, 1.54) is 12.8 Å². The highest BCUT2D eigenvalue weighted by Gasteiger charge is 2.44. The zero-order valence-corrected chi connectivity index (χ0v) is 9.79. The number of halogens is 1. The average molecular weight is 263 g/mol. The summed E-state index contributed by atoms with van der Waals surface area (Å²) in [5, 5.41) is 2.83. The van der Waals surface area contributed by atoms with Crippen molar-refractivity contribution < 1.29 is 9.53 Å². The predicted molar refractivity (Wildman–Crippen MR) is 56.2 cm³/mol. The highest BCUT2D eigenvalue weighted by Crippen LogP contribution is 2.26. The van der Waals surface area contributed by atoms with Gasteiger partial charge in [-0.05, 0) is 25.9 Å². The van der Waals surface area contributed by atoms with Crippen molar-refractivity contribution in [2.75, 3.05) is 20.2 Å². The number of rotatable bonds is 2. The van der Waals surface area contributed by atoms with Gasteiger partial charge in [0, 0.05) is 7.11 Å². The summed E-state index contributed by atoms with van der Waals surface area (Å²) in [5.74, 6) is 0.0359. The second-order valence-electron chi connectivity index (χ2n) is 3.80. The van der Waals surface area contributed by atoms with Crippen LogP contribution in [0.1, 0.15) is 12.8 Å². The Morgan fingerprint density at radius 1 is 1.50 bits per heavy atom. The molecule has 5 heteroatoms. The number of nitrogens with zero attached hydrogens (tertiary/aromatic N) is 1. The number of carbonyl (C=O) groups is 1. The number of nitrogens with one attached hydrogen (secondary N) is 1. The summed E-state index contributed by atoms with van der Waals surface area (Å²) in [7, 11) is 1.64. The van der Waals surface area contributed by atoms with Crippen molar-refractivity contribution in [3.05, 3.63) is 0 Å². The zero-order valence-electron chi connectivity index (χ0n) is 8.20. The second kappa shape index (κ2) is 4.16. The molecule has 1 amide bonds. The number of hydrogen-bond donors (Lipinski definition) is 1. The first kappa shape index (κ1) is 10.4. The minimum absolute atomic E-state index is 0.0359. The largest absolute Gasteiger partial charge is 0.360 e. The van der Waals surface area contributed by atoms with Crippen molar-refractivity contribution in [1.82, 2.24) is 10.2 Å². The highest BCUT2D eigenvalue weighted by molar-refractivity contribution is 9.10. The third kappa shape index (κ3) is 1.68. The molecule has 2 rings (SSSR count). The number of likely N-dealkylation sites (tertiary alicyclic amines) is 1. The molecule has 3 atom stereocenters. The van der Waals surface area contributed by atoms with E-state index in [1.54, 1.807) is 7.11 Å². The number of ether oxygens (including phenoxy) is 1. The smallest absolute Gasteiger partial charge is 0.237 e. The maximum absolute atomic E-state index is 11.4. The van der Waals surface area contributed by atoms with Crippen LogP contribution < -0.4 is 5.32 Å². The summed E-state index contributed by atoms with van der Waals surface area (Å²) in [6, 6.07) is 0.148. The first-order valence-corrected chi connectivity index (χ1v) is 5.87. The van der Waals surface area contributed by atoms with Crippen LogP contribution in [0.3, 0.4) is 0 Å². The first-order valence-electron chi connectivity index (χ1n) is 4.95. The molecular weight excluding hydrogens is 248 g/mol. The zero-order chi connectivity index (χ0) is 10.1. The lowest BCUT2D eigenvalue weighted by molar-refractivity contribution is -0.120. The van der Waals surface area contributed by atoms with Gasteiger partial charge in [-0.3, -0.25) is 9.69 Å². The minimum Gasteiger partial charge on any atom is -0.360 e. The maximum Gasteiger partial charge on any atom is 0.237 e. The summed E-state index contributed by atoms with van der Waals surface area (Å²) in [5.41, 5.74) is 0. The summed E-state index contributed by atoms with van der Waals surface area (Å²) in [6.45, 7) is 2.14. The van der Waals surface area contributed by atoms with Gasteiger partial charge in [-0.25, -0.2) is 0 Å². The number of carbonyl (C=O) groups excluding carboxylic acids is 1. The molecular formula is C9H15BrN2O2. The van der Waals surface area contributed by atoms with E-state index in [0.29, 0.717) is 0 Å². The summed E-state index contributed by atoms with van der Waals surface area (Å²) < 4.78 is 5.27. The van der Waals surface area contributed by atoms with Crippen molar-refractivity contribution >= 4 is 21.8 Å². The molecule has 0 spiro atoms. The number of methoxy groups -OCH3 is 1. The van der Waals surface area contributed by atoms with Crippen molar-refractivity contribution in [2.45, 2.75) is 29.9 Å². The van der Waals surface area contributed by atoms with E-state index >= 15 is 0 Å². The Labute approximate surface area is 92.1 Å². The lowest BCUT2D eigenvalue weighted by Gasteiger charge is -2.28. The van der Waals surface area contributed by atoms with Crippen molar-refractivity contribution in [3.8, 4) is 0 Å². The molecule has 0 aromatic rings. The molecule has 0 bridgehead atoms. The van der Waals surface area contributed by atoms with Gasteiger partial charge in [0.1, 0.15) is 11.1 Å². The lowest BCUT2D eigenvalue weighted by atomic mass is 10.2. The normalized spacial score (nSPS) is 39.0. The van der Waals surface area contributed by atoms with Crippen LogP contribution in [0.2, 0.25) is 0 Å². The Hall–Kier alpha value is -0.130. The molecule has 4 nitrogen and oxygen atoms in total. The Bertz CT molecular complexity index is 231. The van der Waals surface area contributed by atoms with E-state index in [0.717, 1.165) is 13.1 Å². The van der Waals surface area contributed by atoms with Gasteiger partial charge in [0.2, 0.25) is 5.91 Å². The molecule has 0 aromatic heterocycles. The molecule has 0 aromatic carbocycles. The van der Waals surface area contributed by atoms with Gasteiger partial charge in [-0.2, -0.15) is 0 Å². The Morgan fingerprint density at radius 2 is 2.14 bits per heavy atom. The third-order valence-electron chi connectivity index (χ3n) is 2.96. The molecule has 0 aliphatic carbocycles. The molecule has 0 saturated carbocycles. The van der Waals surface area contributed by atoms with Crippen LogP contribution in [-0.2, 0) is 9.53 Å². The molecule has 2 saturated heterocycles. The molecule has 1 N–H and O–H groups in total. The molecule has 0 radical (unpaired) electrons. The summed E-state index contributed by atoms with van der Waals surface area (Å²) in [6.07, 6.45) is 2.28. The van der Waals surface area contributed by atoms with Crippen LogP contribution in [-0.4, -0.2) is 48.1 Å². The lowest BCUT2D eigenvalue weighted by Crippen LogP contribution is -2.46. The minimum atomic E-state index is -0.162. The van der Waals surface area contributed by atoms with Crippen LogP contribution in [0, 0.1) is 0 Å². The van der Waals surface area contributed by atoms with Gasteiger partial charge in [-0.15, -0.1) is 0 Å². The highest BCUT2D eigenvalue weighted by atomic mass is 79.9. The summed E-state index contributed by atoms with van der Waals surface area (Å²) >= 11 is 3.43. The van der Waals surface area contributed by atoms with E-state index in [4.69, 9.17) is 4.74 Å². The van der Waals surface area contributed by atoms with E-state index in [-0.39, 0.29) is 23.0 Å². The fourth-order valence-corrected chi connectivity index (χ4v) is 2.97. The Morgan fingerprint density at radius 3 is 2.71 bits per heavy atom. The van der Waals surface area contributed by atoms with E-state index < -0.39 is 0 Å². The fraction of sp³-hybridized carbons (Fsp3) is 0.889. The number of amides is 1. The van der Waals surface area contributed by atoms with Crippen LogP contribution >= 0.6 is 15.9 Å². The first-order chi connectivity index (χ1) is 6.74. The number of alkyl halides is 1. The molecule has 2 aliphatic heterocycles. The fourth-order valence-electron chi connectivity index (χ4n) is 2.23. The van der Waals surface area contributed by atoms with Gasteiger partial charge in [0.25, 0.3) is 0 Å². The predicted octanol–water partition coefficient (Wildman–Crippen LogP) is 0.317. The van der Waals surface area contributed by atoms with Crippen LogP contribution in [0.15, 0.2) is 0 Å². The van der Waals surface area contributed by atoms with Crippen molar-refractivity contribution in [2.24, 2.45) is 0 Å². The topological polar surface area (TPSA) is 41.6 Å². The standard InChI is InChI=1S/C9H15BrN2O2/c1-14-9-7(6(10)8(13)11-9)12-4-2-3-5-12/h6-7,9H,2-5H2,1H3,(H,11,13)/t6-,7+,9+/m0/s1. The number of hydrogen-bond acceptors (Lipinski definition) is 3. The van der Waals surface area contributed by atoms with E-state index in [9.17, 15) is 4.79 Å². The van der Waals surface area contributed by atoms with Gasteiger partial charge in [-0.1, -0.05) is 15.9 Å². The summed E-state index contributed by atoms with van der Waals surface area (Å²) in [4.78, 5) is 13.6. The molecule has 0 unspecified atom stereocenters. The Kier molecular flexibility index (Phi) is 3.09.